The van der Waals surface area contributed by atoms with Crippen molar-refractivity contribution in [1.29, 1.82) is 0 Å². The van der Waals surface area contributed by atoms with Crippen LogP contribution in [-0.2, 0) is 17.8 Å². The molecule has 1 heterocycles. The third-order valence-corrected chi connectivity index (χ3v) is 3.98. The minimum Gasteiger partial charge on any atom is -0.497 e. The molecule has 27 heavy (non-hydrogen) atoms. The number of ether oxygens (including phenoxy) is 2. The Kier molecular flexibility index (Phi) is 9.89. The molecule has 0 radical (unpaired) electrons. The average molecular weight is 373 g/mol. The number of hydrogen-bond acceptors (Lipinski definition) is 4. The van der Waals surface area contributed by atoms with Crippen LogP contribution in [0.25, 0.3) is 0 Å². The standard InChI is InChI=1S/C21H31N3O3/c1-3-22-21(24-14-6-15-26-17-20-8-5-16-27-20)23-13-4-7-18-9-11-19(25-2)12-10-18/h5,8-12,16H,3-4,6-7,13-15,17H2,1-2H3,(H2,22,23,24). The van der Waals surface area contributed by atoms with Crippen molar-refractivity contribution >= 4 is 5.96 Å². The molecular formula is C21H31N3O3. The van der Waals surface area contributed by atoms with Crippen molar-refractivity contribution in [1.82, 2.24) is 10.6 Å². The Morgan fingerprint density at radius 1 is 1.11 bits per heavy atom. The van der Waals surface area contributed by atoms with Crippen LogP contribution in [0.5, 0.6) is 5.75 Å². The summed E-state index contributed by atoms with van der Waals surface area (Å²) in [5.41, 5.74) is 1.30. The van der Waals surface area contributed by atoms with E-state index in [0.717, 1.165) is 56.4 Å². The molecule has 2 rings (SSSR count). The molecule has 0 bridgehead atoms. The number of guanidine groups is 1. The first-order valence-corrected chi connectivity index (χ1v) is 9.57. The highest BCUT2D eigenvalue weighted by Gasteiger charge is 1.99. The predicted octanol–water partition coefficient (Wildman–Crippen LogP) is 3.38. The number of benzene rings is 1. The van der Waals surface area contributed by atoms with Crippen LogP contribution in [0.3, 0.4) is 0 Å². The Bertz CT molecular complexity index is 639. The van der Waals surface area contributed by atoms with Gasteiger partial charge in [0, 0.05) is 26.2 Å². The van der Waals surface area contributed by atoms with Gasteiger partial charge < -0.3 is 24.5 Å². The summed E-state index contributed by atoms with van der Waals surface area (Å²) in [5, 5.41) is 6.62. The van der Waals surface area contributed by atoms with Gasteiger partial charge in [-0.25, -0.2) is 0 Å². The molecule has 0 fully saturated rings. The lowest BCUT2D eigenvalue weighted by Gasteiger charge is -2.11. The SMILES string of the molecule is CCNC(=NCCCc1ccc(OC)cc1)NCCCOCc1ccco1. The summed E-state index contributed by atoms with van der Waals surface area (Å²) < 4.78 is 16.0. The number of aryl methyl sites for hydroxylation is 1. The van der Waals surface area contributed by atoms with Gasteiger partial charge in [-0.3, -0.25) is 4.99 Å². The van der Waals surface area contributed by atoms with Crippen molar-refractivity contribution in [2.24, 2.45) is 4.99 Å². The van der Waals surface area contributed by atoms with Crippen LogP contribution >= 0.6 is 0 Å². The van der Waals surface area contributed by atoms with Gasteiger partial charge >= 0.3 is 0 Å². The maximum atomic E-state index is 5.58. The second-order valence-corrected chi connectivity index (χ2v) is 6.12. The lowest BCUT2D eigenvalue weighted by molar-refractivity contribution is 0.105. The lowest BCUT2D eigenvalue weighted by Crippen LogP contribution is -2.38. The number of nitrogens with one attached hydrogen (secondary N) is 2. The molecule has 0 saturated heterocycles. The Hall–Kier alpha value is -2.47. The minimum atomic E-state index is 0.520. The largest absolute Gasteiger partial charge is 0.497 e. The van der Waals surface area contributed by atoms with Gasteiger partial charge in [0.15, 0.2) is 5.96 Å². The second kappa shape index (κ2) is 12.8. The predicted molar refractivity (Wildman–Crippen MR) is 108 cm³/mol. The highest BCUT2D eigenvalue weighted by molar-refractivity contribution is 5.79. The first-order valence-electron chi connectivity index (χ1n) is 9.57. The van der Waals surface area contributed by atoms with Gasteiger partial charge in [-0.1, -0.05) is 12.1 Å². The van der Waals surface area contributed by atoms with Crippen molar-refractivity contribution in [3.63, 3.8) is 0 Å². The monoisotopic (exact) mass is 373 g/mol. The molecule has 0 aliphatic carbocycles. The van der Waals surface area contributed by atoms with E-state index in [1.165, 1.54) is 5.56 Å². The molecule has 148 valence electrons. The highest BCUT2D eigenvalue weighted by atomic mass is 16.5. The number of nitrogens with zero attached hydrogens (tertiary/aromatic N) is 1. The second-order valence-electron chi connectivity index (χ2n) is 6.12. The summed E-state index contributed by atoms with van der Waals surface area (Å²) in [7, 11) is 1.68. The normalized spacial score (nSPS) is 11.4. The summed E-state index contributed by atoms with van der Waals surface area (Å²) in [4.78, 5) is 4.63. The van der Waals surface area contributed by atoms with E-state index in [1.807, 2.05) is 24.3 Å². The van der Waals surface area contributed by atoms with E-state index in [-0.39, 0.29) is 0 Å². The van der Waals surface area contributed by atoms with E-state index in [0.29, 0.717) is 13.2 Å². The van der Waals surface area contributed by atoms with Gasteiger partial charge in [0.1, 0.15) is 18.1 Å². The summed E-state index contributed by atoms with van der Waals surface area (Å²) in [6, 6.07) is 12.0. The first kappa shape index (κ1) is 20.8. The van der Waals surface area contributed by atoms with Crippen LogP contribution in [0, 0.1) is 0 Å². The van der Waals surface area contributed by atoms with E-state index in [9.17, 15) is 0 Å². The van der Waals surface area contributed by atoms with Gasteiger partial charge in [0.25, 0.3) is 0 Å². The molecule has 1 aromatic carbocycles. The number of rotatable bonds is 12. The van der Waals surface area contributed by atoms with Gasteiger partial charge in [0.05, 0.1) is 13.4 Å². The zero-order chi connectivity index (χ0) is 19.2. The van der Waals surface area contributed by atoms with E-state index >= 15 is 0 Å². The first-order chi connectivity index (χ1) is 13.3. The van der Waals surface area contributed by atoms with Gasteiger partial charge in [-0.15, -0.1) is 0 Å². The topological polar surface area (TPSA) is 68.0 Å². The van der Waals surface area contributed by atoms with Crippen molar-refractivity contribution in [2.45, 2.75) is 32.8 Å². The lowest BCUT2D eigenvalue weighted by atomic mass is 10.1. The molecule has 1 aromatic heterocycles. The number of furan rings is 1. The third-order valence-electron chi connectivity index (χ3n) is 3.98. The maximum Gasteiger partial charge on any atom is 0.191 e. The average Bonchev–Trinajstić information content (AvgIpc) is 3.21. The maximum absolute atomic E-state index is 5.58. The summed E-state index contributed by atoms with van der Waals surface area (Å²) in [6.07, 6.45) is 4.59. The quantitative estimate of drug-likeness (QED) is 0.339. The molecule has 0 saturated carbocycles. The molecular weight excluding hydrogens is 342 g/mol. The van der Waals surface area contributed by atoms with Crippen LogP contribution < -0.4 is 15.4 Å². The van der Waals surface area contributed by atoms with Crippen molar-refractivity contribution in [3.8, 4) is 5.75 Å². The Labute approximate surface area is 162 Å². The molecule has 0 aliphatic rings. The fourth-order valence-electron chi connectivity index (χ4n) is 2.56. The molecule has 0 atom stereocenters. The minimum absolute atomic E-state index is 0.520. The fourth-order valence-corrected chi connectivity index (χ4v) is 2.56. The number of aliphatic imine (C=N–C) groups is 1. The molecule has 2 aromatic rings. The number of methoxy groups -OCH3 is 1. The van der Waals surface area contributed by atoms with Crippen LogP contribution in [0.4, 0.5) is 0 Å². The molecule has 0 spiro atoms. The molecule has 0 unspecified atom stereocenters. The van der Waals surface area contributed by atoms with Crippen LogP contribution in [0.1, 0.15) is 31.1 Å². The Balaban J connectivity index is 1.59. The van der Waals surface area contributed by atoms with Crippen molar-refractivity contribution in [2.75, 3.05) is 33.4 Å². The van der Waals surface area contributed by atoms with Gasteiger partial charge in [0.2, 0.25) is 0 Å². The highest BCUT2D eigenvalue weighted by Crippen LogP contribution is 2.12. The zero-order valence-electron chi connectivity index (χ0n) is 16.4. The molecule has 6 heteroatoms. The van der Waals surface area contributed by atoms with E-state index in [1.54, 1.807) is 13.4 Å². The summed E-state index contributed by atoms with van der Waals surface area (Å²) >= 11 is 0. The van der Waals surface area contributed by atoms with E-state index in [4.69, 9.17) is 13.9 Å². The molecule has 0 aliphatic heterocycles. The Morgan fingerprint density at radius 3 is 2.67 bits per heavy atom. The van der Waals surface area contributed by atoms with Gasteiger partial charge in [-0.05, 0) is 56.0 Å². The van der Waals surface area contributed by atoms with Crippen LogP contribution in [0.2, 0.25) is 0 Å². The summed E-state index contributed by atoms with van der Waals surface area (Å²) in [5.74, 6) is 2.61. The molecule has 6 nitrogen and oxygen atoms in total. The van der Waals surface area contributed by atoms with Gasteiger partial charge in [-0.2, -0.15) is 0 Å². The van der Waals surface area contributed by atoms with E-state index in [2.05, 4.69) is 34.7 Å². The summed E-state index contributed by atoms with van der Waals surface area (Å²) in [6.45, 7) is 5.73. The van der Waals surface area contributed by atoms with Crippen LogP contribution in [-0.4, -0.2) is 39.3 Å². The zero-order valence-corrected chi connectivity index (χ0v) is 16.4. The molecule has 0 amide bonds. The number of hydrogen-bond donors (Lipinski definition) is 2. The third kappa shape index (κ3) is 8.64. The Morgan fingerprint density at radius 2 is 1.96 bits per heavy atom. The van der Waals surface area contributed by atoms with Crippen molar-refractivity contribution in [3.05, 3.63) is 54.0 Å². The smallest absolute Gasteiger partial charge is 0.191 e. The van der Waals surface area contributed by atoms with Crippen molar-refractivity contribution < 1.29 is 13.9 Å². The fraction of sp³-hybridized carbons (Fsp3) is 0.476. The van der Waals surface area contributed by atoms with Crippen LogP contribution in [0.15, 0.2) is 52.1 Å². The van der Waals surface area contributed by atoms with E-state index < -0.39 is 0 Å². The molecule has 2 N–H and O–H groups in total.